The fourth-order valence-corrected chi connectivity index (χ4v) is 0.679. The van der Waals surface area contributed by atoms with Crippen LogP contribution in [0.3, 0.4) is 0 Å². The van der Waals surface area contributed by atoms with Gasteiger partial charge >= 0.3 is 0 Å². The molecule has 0 saturated carbocycles. The fraction of sp³-hybridized carbons (Fsp3) is 1.00. The Kier molecular flexibility index (Phi) is 3.96. The van der Waals surface area contributed by atoms with Crippen LogP contribution in [0.1, 0.15) is 12.8 Å². The molecule has 0 aromatic rings. The van der Waals surface area contributed by atoms with Crippen molar-refractivity contribution in [2.45, 2.75) is 25.4 Å². The number of aliphatic hydroxyl groups excluding tert-OH is 2. The van der Waals surface area contributed by atoms with Crippen molar-refractivity contribution in [2.75, 3.05) is 21.1 Å². The van der Waals surface area contributed by atoms with Crippen LogP contribution in [0.5, 0.6) is 0 Å². The highest BCUT2D eigenvalue weighted by atomic mass is 16.5. The van der Waals surface area contributed by atoms with Crippen molar-refractivity contribution >= 4 is 0 Å². The molecule has 0 radical (unpaired) electrons. The lowest BCUT2D eigenvalue weighted by molar-refractivity contribution is -0.919. The van der Waals surface area contributed by atoms with Crippen LogP contribution < -0.4 is 5.11 Å². The van der Waals surface area contributed by atoms with Gasteiger partial charge < -0.3 is 19.8 Å². The Bertz CT molecular complexity index is 109. The summed E-state index contributed by atoms with van der Waals surface area (Å²) in [6, 6.07) is 0. The molecule has 0 aliphatic heterocycles. The smallest absolute Gasteiger partial charge is 0.189 e. The van der Waals surface area contributed by atoms with E-state index < -0.39 is 12.5 Å². The second kappa shape index (κ2) is 4.01. The third-order valence-electron chi connectivity index (χ3n) is 1.57. The van der Waals surface area contributed by atoms with Gasteiger partial charge in [-0.25, -0.2) is 0 Å². The molecule has 0 heterocycles. The lowest BCUT2D eigenvalue weighted by Gasteiger charge is -2.30. The molecule has 0 amide bonds. The molecule has 11 heavy (non-hydrogen) atoms. The number of nitrogens with zero attached hydrogens (tertiary/aromatic N) is 1. The normalized spacial score (nSPS) is 18.0. The molecule has 0 aromatic carbocycles. The first-order valence-corrected chi connectivity index (χ1v) is 3.67. The van der Waals surface area contributed by atoms with E-state index in [9.17, 15) is 10.2 Å². The topological polar surface area (TPSA) is 63.5 Å². The van der Waals surface area contributed by atoms with Crippen LogP contribution >= 0.6 is 0 Å². The summed E-state index contributed by atoms with van der Waals surface area (Å²) in [5.41, 5.74) is 0. The van der Waals surface area contributed by atoms with E-state index in [1.807, 2.05) is 21.1 Å². The maximum Gasteiger partial charge on any atom is 0.189 e. The Balaban J connectivity index is 3.61. The highest BCUT2D eigenvalue weighted by Crippen LogP contribution is 2.06. The molecule has 4 nitrogen and oxygen atoms in total. The maximum atomic E-state index is 10.2. The van der Waals surface area contributed by atoms with Crippen molar-refractivity contribution in [3.05, 3.63) is 0 Å². The highest BCUT2D eigenvalue weighted by Gasteiger charge is 2.19. The Morgan fingerprint density at radius 2 is 1.64 bits per heavy atom. The zero-order chi connectivity index (χ0) is 9.07. The molecular formula is C7H17NO3. The van der Waals surface area contributed by atoms with Crippen LogP contribution in [0.25, 0.3) is 0 Å². The van der Waals surface area contributed by atoms with Gasteiger partial charge in [-0.3, -0.25) is 0 Å². The van der Waals surface area contributed by atoms with Crippen molar-refractivity contribution in [3.8, 4) is 0 Å². The lowest BCUT2D eigenvalue weighted by Crippen LogP contribution is -2.45. The maximum absolute atomic E-state index is 10.2. The molecule has 4 heteroatoms. The fourth-order valence-electron chi connectivity index (χ4n) is 0.679. The second-order valence-electron chi connectivity index (χ2n) is 3.63. The number of rotatable bonds is 4. The minimum atomic E-state index is -1.56. The van der Waals surface area contributed by atoms with Crippen LogP contribution in [-0.2, 0) is 0 Å². The van der Waals surface area contributed by atoms with E-state index in [2.05, 4.69) is 0 Å². The van der Waals surface area contributed by atoms with E-state index in [4.69, 9.17) is 5.11 Å². The summed E-state index contributed by atoms with van der Waals surface area (Å²) in [6.07, 6.45) is -1.68. The summed E-state index contributed by atoms with van der Waals surface area (Å²) in [7, 11) is 5.51. The Labute approximate surface area is 67.3 Å². The second-order valence-corrected chi connectivity index (χ2v) is 3.63. The van der Waals surface area contributed by atoms with Crippen LogP contribution in [-0.4, -0.2) is 48.4 Å². The van der Waals surface area contributed by atoms with E-state index in [1.54, 1.807) is 0 Å². The summed E-state index contributed by atoms with van der Waals surface area (Å²) in [5.74, 6) is 0. The van der Waals surface area contributed by atoms with E-state index in [0.29, 0.717) is 10.9 Å². The number of aliphatic hydroxyl groups is 2. The van der Waals surface area contributed by atoms with Crippen molar-refractivity contribution < 1.29 is 19.8 Å². The van der Waals surface area contributed by atoms with Gasteiger partial charge in [-0.15, -0.1) is 0 Å². The largest absolute Gasteiger partial charge is 0.831 e. The zero-order valence-electron chi connectivity index (χ0n) is 7.32. The lowest BCUT2D eigenvalue weighted by atomic mass is 10.2. The molecule has 0 saturated heterocycles. The molecule has 0 aliphatic rings. The summed E-state index contributed by atoms with van der Waals surface area (Å²) < 4.78 is 0.396. The molecule has 0 aliphatic carbocycles. The molecule has 0 spiro atoms. The monoisotopic (exact) mass is 163 g/mol. The van der Waals surface area contributed by atoms with Crippen molar-refractivity contribution in [3.63, 3.8) is 0 Å². The number of hydrogen-bond acceptors (Lipinski definition) is 3. The van der Waals surface area contributed by atoms with Gasteiger partial charge in [0.05, 0.1) is 21.1 Å². The first kappa shape index (κ1) is 10.8. The van der Waals surface area contributed by atoms with Crippen LogP contribution in [0.4, 0.5) is 0 Å². The molecular weight excluding hydrogens is 146 g/mol. The van der Waals surface area contributed by atoms with Crippen LogP contribution in [0.2, 0.25) is 0 Å². The summed E-state index contributed by atoms with van der Waals surface area (Å²) in [5, 5.41) is 27.9. The van der Waals surface area contributed by atoms with Crippen molar-refractivity contribution in [1.29, 1.82) is 0 Å². The third-order valence-corrected chi connectivity index (χ3v) is 1.57. The molecule has 0 aromatic heterocycles. The molecule has 0 fully saturated rings. The Hall–Kier alpha value is -0.160. The molecule has 0 bridgehead atoms. The predicted molar refractivity (Wildman–Crippen MR) is 39.3 cm³/mol. The number of hydrogen-bond donors (Lipinski definition) is 2. The molecule has 0 rings (SSSR count). The van der Waals surface area contributed by atoms with Gasteiger partial charge in [-0.2, -0.15) is 0 Å². The molecule has 2 atom stereocenters. The highest BCUT2D eigenvalue weighted by molar-refractivity contribution is 4.43. The average Bonchev–Trinajstić information content (AvgIpc) is 1.80. The van der Waals surface area contributed by atoms with E-state index in [0.717, 1.165) is 0 Å². The van der Waals surface area contributed by atoms with E-state index >= 15 is 0 Å². The molecule has 2 unspecified atom stereocenters. The minimum absolute atomic E-state index is 0.108. The van der Waals surface area contributed by atoms with Gasteiger partial charge in [0.1, 0.15) is 0 Å². The van der Waals surface area contributed by atoms with Crippen molar-refractivity contribution in [1.82, 2.24) is 0 Å². The first-order valence-electron chi connectivity index (χ1n) is 3.67. The van der Waals surface area contributed by atoms with Gasteiger partial charge in [0.15, 0.2) is 6.23 Å². The van der Waals surface area contributed by atoms with Gasteiger partial charge in [0.25, 0.3) is 0 Å². The Morgan fingerprint density at radius 1 is 1.18 bits per heavy atom. The first-order chi connectivity index (χ1) is 4.84. The van der Waals surface area contributed by atoms with Gasteiger partial charge in [0, 0.05) is 6.42 Å². The van der Waals surface area contributed by atoms with Crippen LogP contribution in [0.15, 0.2) is 0 Å². The molecule has 68 valence electrons. The molecule has 2 N–H and O–H groups in total. The van der Waals surface area contributed by atoms with E-state index in [1.165, 1.54) is 0 Å². The summed E-state index contributed by atoms with van der Waals surface area (Å²) >= 11 is 0. The van der Waals surface area contributed by atoms with Gasteiger partial charge in [-0.05, 0) is 12.7 Å². The SMILES string of the molecule is C[N+](C)(C)C(O)CCC([O-])O. The Morgan fingerprint density at radius 3 is 1.91 bits per heavy atom. The summed E-state index contributed by atoms with van der Waals surface area (Å²) in [4.78, 5) is 0. The third kappa shape index (κ3) is 5.15. The predicted octanol–water partition coefficient (Wildman–Crippen LogP) is -1.53. The summed E-state index contributed by atoms with van der Waals surface area (Å²) in [6.45, 7) is 0. The standard InChI is InChI=1S/C7H17NO3/c1-8(2,3)6(9)4-5-7(10)11/h6-7,9-10H,4-5H2,1-3H3. The van der Waals surface area contributed by atoms with E-state index in [-0.39, 0.29) is 6.42 Å². The quantitative estimate of drug-likeness (QED) is 0.390. The van der Waals surface area contributed by atoms with Crippen LogP contribution in [0, 0.1) is 0 Å². The number of quaternary nitrogens is 1. The van der Waals surface area contributed by atoms with Crippen molar-refractivity contribution in [2.24, 2.45) is 0 Å². The zero-order valence-corrected chi connectivity index (χ0v) is 7.32. The minimum Gasteiger partial charge on any atom is -0.831 e. The van der Waals surface area contributed by atoms with Gasteiger partial charge in [0.2, 0.25) is 0 Å². The van der Waals surface area contributed by atoms with Gasteiger partial charge in [-0.1, -0.05) is 0 Å². The average molecular weight is 163 g/mol.